The molecule has 2 saturated heterocycles. The zero-order valence-electron chi connectivity index (χ0n) is 21.2. The van der Waals surface area contributed by atoms with Crippen molar-refractivity contribution in [3.8, 4) is 11.1 Å². The molecule has 4 aromatic rings. The van der Waals surface area contributed by atoms with Crippen LogP contribution in [0.2, 0.25) is 0 Å². The van der Waals surface area contributed by atoms with E-state index in [0.29, 0.717) is 18.9 Å². The Morgan fingerprint density at radius 1 is 1.11 bits per heavy atom. The number of aromatic nitrogens is 5. The first-order valence-corrected chi connectivity index (χ1v) is 13.4. The van der Waals surface area contributed by atoms with Crippen LogP contribution in [0.1, 0.15) is 31.0 Å². The molecule has 9 nitrogen and oxygen atoms in total. The van der Waals surface area contributed by atoms with E-state index in [2.05, 4.69) is 32.2 Å². The molecule has 0 radical (unpaired) electrons. The molecule has 1 saturated carbocycles. The predicted octanol–water partition coefficient (Wildman–Crippen LogP) is 3.17. The van der Waals surface area contributed by atoms with Gasteiger partial charge < -0.3 is 14.4 Å². The largest absolute Gasteiger partial charge is 0.379 e. The molecule has 0 spiro atoms. The van der Waals surface area contributed by atoms with Crippen LogP contribution in [0.4, 0.5) is 0 Å². The lowest BCUT2D eigenvalue weighted by Gasteiger charge is -2.23. The quantitative estimate of drug-likeness (QED) is 0.360. The SMILES string of the molecule is Cn1c(=O)n([C@H]2CCCOC2)c2c3cc(-c4ccc(COCCN5CC6CC6C5)nc4)ccc3nnc21. The summed E-state index contributed by atoms with van der Waals surface area (Å²) in [6, 6.07) is 10.2. The van der Waals surface area contributed by atoms with E-state index in [4.69, 9.17) is 9.47 Å². The van der Waals surface area contributed by atoms with Crippen molar-refractivity contribution in [2.45, 2.75) is 31.9 Å². The Kier molecular flexibility index (Phi) is 5.79. The van der Waals surface area contributed by atoms with Gasteiger partial charge in [0.15, 0.2) is 5.65 Å². The summed E-state index contributed by atoms with van der Waals surface area (Å²) in [5, 5.41) is 9.71. The molecule has 7 rings (SSSR count). The molecular formula is C28H32N6O3. The van der Waals surface area contributed by atoms with E-state index in [1.807, 2.05) is 29.0 Å². The van der Waals surface area contributed by atoms with Gasteiger partial charge in [0.2, 0.25) is 0 Å². The maximum atomic E-state index is 13.2. The molecule has 37 heavy (non-hydrogen) atoms. The van der Waals surface area contributed by atoms with Crippen LogP contribution in [0.25, 0.3) is 33.2 Å². The predicted molar refractivity (Wildman–Crippen MR) is 140 cm³/mol. The van der Waals surface area contributed by atoms with Gasteiger partial charge in [-0.15, -0.1) is 10.2 Å². The average Bonchev–Trinajstić information content (AvgIpc) is 3.46. The summed E-state index contributed by atoms with van der Waals surface area (Å²) in [4.78, 5) is 20.4. The number of fused-ring (bicyclic) bond motifs is 4. The molecule has 5 heterocycles. The van der Waals surface area contributed by atoms with Crippen molar-refractivity contribution < 1.29 is 9.47 Å². The number of piperidine rings is 1. The molecule has 192 valence electrons. The van der Waals surface area contributed by atoms with Crippen molar-refractivity contribution >= 4 is 22.1 Å². The third-order valence-corrected chi connectivity index (χ3v) is 8.28. The van der Waals surface area contributed by atoms with Crippen molar-refractivity contribution in [2.24, 2.45) is 18.9 Å². The van der Waals surface area contributed by atoms with E-state index in [1.54, 1.807) is 11.6 Å². The molecule has 3 fully saturated rings. The van der Waals surface area contributed by atoms with Crippen LogP contribution < -0.4 is 5.69 Å². The molecular weight excluding hydrogens is 468 g/mol. The molecule has 1 aromatic carbocycles. The summed E-state index contributed by atoms with van der Waals surface area (Å²) >= 11 is 0. The number of ether oxygens (including phenoxy) is 2. The highest BCUT2D eigenvalue weighted by Gasteiger charge is 2.44. The molecule has 0 bridgehead atoms. The van der Waals surface area contributed by atoms with Gasteiger partial charge in [0.1, 0.15) is 5.52 Å². The molecule has 3 atom stereocenters. The molecule has 0 N–H and O–H groups in total. The Morgan fingerprint density at radius 3 is 2.76 bits per heavy atom. The average molecular weight is 501 g/mol. The molecule has 2 aliphatic heterocycles. The summed E-state index contributed by atoms with van der Waals surface area (Å²) in [7, 11) is 1.76. The number of likely N-dealkylation sites (tertiary alicyclic amines) is 1. The van der Waals surface area contributed by atoms with Crippen LogP contribution in [-0.4, -0.2) is 68.7 Å². The molecule has 0 amide bonds. The lowest BCUT2D eigenvalue weighted by molar-refractivity contribution is 0.0593. The van der Waals surface area contributed by atoms with Crippen LogP contribution >= 0.6 is 0 Å². The Balaban J connectivity index is 1.13. The fourth-order valence-electron chi connectivity index (χ4n) is 6.07. The minimum Gasteiger partial charge on any atom is -0.379 e. The van der Waals surface area contributed by atoms with Crippen molar-refractivity contribution in [1.29, 1.82) is 0 Å². The third-order valence-electron chi connectivity index (χ3n) is 8.28. The zero-order chi connectivity index (χ0) is 24.9. The molecule has 9 heteroatoms. The van der Waals surface area contributed by atoms with Gasteiger partial charge in [0.25, 0.3) is 0 Å². The number of nitrogens with zero attached hydrogens (tertiary/aromatic N) is 6. The van der Waals surface area contributed by atoms with E-state index < -0.39 is 0 Å². The van der Waals surface area contributed by atoms with E-state index in [0.717, 1.165) is 77.7 Å². The molecule has 3 aromatic heterocycles. The monoisotopic (exact) mass is 500 g/mol. The fourth-order valence-corrected chi connectivity index (χ4v) is 6.07. The van der Waals surface area contributed by atoms with Crippen molar-refractivity contribution in [3.05, 3.63) is 52.7 Å². The maximum Gasteiger partial charge on any atom is 0.330 e. The summed E-state index contributed by atoms with van der Waals surface area (Å²) < 4.78 is 15.1. The smallest absolute Gasteiger partial charge is 0.330 e. The fraction of sp³-hybridized carbons (Fsp3) is 0.500. The minimum absolute atomic E-state index is 0.00175. The third kappa shape index (κ3) is 4.24. The second-order valence-corrected chi connectivity index (χ2v) is 10.8. The lowest BCUT2D eigenvalue weighted by atomic mass is 10.0. The summed E-state index contributed by atoms with van der Waals surface area (Å²) in [5.41, 5.74) is 5.07. The van der Waals surface area contributed by atoms with Crippen LogP contribution in [0.15, 0.2) is 41.3 Å². The highest BCUT2D eigenvalue weighted by Crippen LogP contribution is 2.44. The van der Waals surface area contributed by atoms with Crippen molar-refractivity contribution in [2.75, 3.05) is 39.5 Å². The first-order valence-electron chi connectivity index (χ1n) is 13.4. The Labute approximate surface area is 215 Å². The number of benzene rings is 1. The van der Waals surface area contributed by atoms with Crippen LogP contribution in [0.5, 0.6) is 0 Å². The Morgan fingerprint density at radius 2 is 1.97 bits per heavy atom. The van der Waals surface area contributed by atoms with Gasteiger partial charge >= 0.3 is 5.69 Å². The van der Waals surface area contributed by atoms with Gasteiger partial charge in [0, 0.05) is 50.4 Å². The van der Waals surface area contributed by atoms with E-state index >= 15 is 0 Å². The van der Waals surface area contributed by atoms with Gasteiger partial charge in [0.05, 0.1) is 37.1 Å². The normalized spacial score (nSPS) is 23.6. The van der Waals surface area contributed by atoms with Crippen molar-refractivity contribution in [3.63, 3.8) is 0 Å². The zero-order valence-corrected chi connectivity index (χ0v) is 21.2. The van der Waals surface area contributed by atoms with Gasteiger partial charge in [-0.05, 0) is 54.9 Å². The van der Waals surface area contributed by atoms with Crippen LogP contribution in [0, 0.1) is 11.8 Å². The van der Waals surface area contributed by atoms with E-state index in [9.17, 15) is 4.79 Å². The maximum absolute atomic E-state index is 13.2. The first-order chi connectivity index (χ1) is 18.2. The molecule has 2 unspecified atom stereocenters. The number of pyridine rings is 1. The standard InChI is InChI=1S/C28H32N6O3/c1-32-27-26(34(28(32)35)23-3-2-9-36-17-23)24-12-18(5-7-25(24)30-31-27)19-4-6-22(29-13-19)16-37-10-8-33-14-20-11-21(20)15-33/h4-7,12-13,20-21,23H,2-3,8-11,14-17H2,1H3/t20?,21?,23-/m0/s1. The van der Waals surface area contributed by atoms with Crippen molar-refractivity contribution in [1.82, 2.24) is 29.2 Å². The number of aryl methyl sites for hydroxylation is 1. The van der Waals surface area contributed by atoms with Gasteiger partial charge in [-0.1, -0.05) is 12.1 Å². The van der Waals surface area contributed by atoms with Crippen LogP contribution in [-0.2, 0) is 23.1 Å². The number of hydrogen-bond acceptors (Lipinski definition) is 7. The lowest BCUT2D eigenvalue weighted by Crippen LogP contribution is -2.31. The Bertz CT molecular complexity index is 1490. The van der Waals surface area contributed by atoms with Crippen LogP contribution in [0.3, 0.4) is 0 Å². The number of hydrogen-bond donors (Lipinski definition) is 0. The van der Waals surface area contributed by atoms with Gasteiger partial charge in [-0.3, -0.25) is 14.1 Å². The summed E-state index contributed by atoms with van der Waals surface area (Å²) in [5.74, 6) is 1.92. The second kappa shape index (κ2) is 9.31. The topological polar surface area (TPSA) is 87.3 Å². The Hall–Kier alpha value is -3.14. The highest BCUT2D eigenvalue weighted by molar-refractivity contribution is 6.02. The summed E-state index contributed by atoms with van der Waals surface area (Å²) in [6.45, 7) is 6.06. The van der Waals surface area contributed by atoms with Gasteiger partial charge in [-0.2, -0.15) is 0 Å². The second-order valence-electron chi connectivity index (χ2n) is 10.8. The molecule has 3 aliphatic rings. The van der Waals surface area contributed by atoms with E-state index in [-0.39, 0.29) is 11.7 Å². The first kappa shape index (κ1) is 23.0. The summed E-state index contributed by atoms with van der Waals surface area (Å²) in [6.07, 6.45) is 5.18. The highest BCUT2D eigenvalue weighted by atomic mass is 16.5. The number of imidazole rings is 1. The van der Waals surface area contributed by atoms with Gasteiger partial charge in [-0.25, -0.2) is 4.79 Å². The molecule has 1 aliphatic carbocycles. The minimum atomic E-state index is -0.0785. The number of rotatable bonds is 7. The van der Waals surface area contributed by atoms with E-state index in [1.165, 1.54) is 19.5 Å².